The van der Waals surface area contributed by atoms with E-state index in [1.165, 1.54) is 6.07 Å². The lowest BCUT2D eigenvalue weighted by Crippen LogP contribution is -2.31. The summed E-state index contributed by atoms with van der Waals surface area (Å²) in [5, 5.41) is 12.5. The second-order valence-corrected chi connectivity index (χ2v) is 4.39. The Morgan fingerprint density at radius 2 is 2.41 bits per heavy atom. The largest absolute Gasteiger partial charge is 0.508 e. The number of piperidine rings is 1. The van der Waals surface area contributed by atoms with Crippen molar-refractivity contribution in [2.24, 2.45) is 5.92 Å². The first-order valence-electron chi connectivity index (χ1n) is 5.94. The van der Waals surface area contributed by atoms with Crippen molar-refractivity contribution in [1.82, 2.24) is 5.32 Å². The van der Waals surface area contributed by atoms with Gasteiger partial charge in [-0.15, -0.1) is 0 Å². The summed E-state index contributed by atoms with van der Waals surface area (Å²) in [6.07, 6.45) is 2.62. The quantitative estimate of drug-likeness (QED) is 0.618. The summed E-state index contributed by atoms with van der Waals surface area (Å²) in [6, 6.07) is 6.30. The Labute approximate surface area is 101 Å². The molecule has 1 aromatic rings. The summed E-state index contributed by atoms with van der Waals surface area (Å²) in [5.41, 5.74) is 0. The normalized spacial score (nSPS) is 19.9. The molecule has 0 spiro atoms. The van der Waals surface area contributed by atoms with Gasteiger partial charge in [-0.3, -0.25) is 4.79 Å². The van der Waals surface area contributed by atoms with E-state index in [2.05, 4.69) is 5.32 Å². The molecule has 17 heavy (non-hydrogen) atoms. The number of phenols is 1. The number of esters is 1. The van der Waals surface area contributed by atoms with Gasteiger partial charge in [-0.25, -0.2) is 0 Å². The maximum absolute atomic E-state index is 11.7. The van der Waals surface area contributed by atoms with Crippen LogP contribution in [0.5, 0.6) is 11.5 Å². The number of benzene rings is 1. The van der Waals surface area contributed by atoms with Gasteiger partial charge >= 0.3 is 5.97 Å². The van der Waals surface area contributed by atoms with Gasteiger partial charge in [0.2, 0.25) is 0 Å². The first kappa shape index (κ1) is 11.9. The molecule has 92 valence electrons. The maximum atomic E-state index is 11.7. The van der Waals surface area contributed by atoms with Crippen LogP contribution in [0.3, 0.4) is 0 Å². The fraction of sp³-hybridized carbons (Fsp3) is 0.462. The molecule has 2 rings (SSSR count). The molecule has 0 aliphatic carbocycles. The predicted molar refractivity (Wildman–Crippen MR) is 64.0 cm³/mol. The van der Waals surface area contributed by atoms with Gasteiger partial charge in [-0.2, -0.15) is 0 Å². The van der Waals surface area contributed by atoms with Crippen LogP contribution in [0, 0.1) is 5.92 Å². The molecule has 0 saturated carbocycles. The van der Waals surface area contributed by atoms with Crippen molar-refractivity contribution in [3.05, 3.63) is 24.3 Å². The first-order chi connectivity index (χ1) is 8.24. The SMILES string of the molecule is O=C(CC1CCCNC1)Oc1cccc(O)c1. The van der Waals surface area contributed by atoms with Crippen LogP contribution in [-0.4, -0.2) is 24.2 Å². The van der Waals surface area contributed by atoms with Crippen molar-refractivity contribution in [1.29, 1.82) is 0 Å². The Kier molecular flexibility index (Phi) is 3.98. The number of phenolic OH excluding ortho intramolecular Hbond substituents is 1. The molecule has 1 saturated heterocycles. The van der Waals surface area contributed by atoms with E-state index in [1.54, 1.807) is 18.2 Å². The van der Waals surface area contributed by atoms with E-state index in [4.69, 9.17) is 4.74 Å². The molecule has 4 nitrogen and oxygen atoms in total. The Morgan fingerprint density at radius 3 is 3.12 bits per heavy atom. The minimum Gasteiger partial charge on any atom is -0.508 e. The molecular formula is C13H17NO3. The maximum Gasteiger partial charge on any atom is 0.311 e. The van der Waals surface area contributed by atoms with Crippen LogP contribution in [0.15, 0.2) is 24.3 Å². The molecule has 2 N–H and O–H groups in total. The average molecular weight is 235 g/mol. The van der Waals surface area contributed by atoms with E-state index in [-0.39, 0.29) is 11.7 Å². The molecule has 0 radical (unpaired) electrons. The van der Waals surface area contributed by atoms with E-state index < -0.39 is 0 Å². The highest BCUT2D eigenvalue weighted by molar-refractivity contribution is 5.72. The van der Waals surface area contributed by atoms with Gasteiger partial charge in [0.25, 0.3) is 0 Å². The number of hydrogen-bond acceptors (Lipinski definition) is 4. The molecule has 0 aromatic heterocycles. The van der Waals surface area contributed by atoms with Gasteiger partial charge in [0.15, 0.2) is 0 Å². The summed E-state index contributed by atoms with van der Waals surface area (Å²) in [6.45, 7) is 1.92. The fourth-order valence-electron chi connectivity index (χ4n) is 2.05. The molecule has 4 heteroatoms. The van der Waals surface area contributed by atoms with Crippen LogP contribution in [0.4, 0.5) is 0 Å². The summed E-state index contributed by atoms with van der Waals surface area (Å²) in [7, 11) is 0. The van der Waals surface area contributed by atoms with Gasteiger partial charge in [0.05, 0.1) is 0 Å². The zero-order valence-corrected chi connectivity index (χ0v) is 9.69. The van der Waals surface area contributed by atoms with Crippen molar-refractivity contribution < 1.29 is 14.6 Å². The minimum atomic E-state index is -0.232. The van der Waals surface area contributed by atoms with Crippen molar-refractivity contribution in [3.8, 4) is 11.5 Å². The smallest absolute Gasteiger partial charge is 0.311 e. The van der Waals surface area contributed by atoms with Gasteiger partial charge in [0.1, 0.15) is 11.5 Å². The van der Waals surface area contributed by atoms with Gasteiger partial charge in [0, 0.05) is 12.5 Å². The lowest BCUT2D eigenvalue weighted by Gasteiger charge is -2.21. The topological polar surface area (TPSA) is 58.6 Å². The van der Waals surface area contributed by atoms with Gasteiger partial charge < -0.3 is 15.2 Å². The molecule has 1 atom stereocenters. The van der Waals surface area contributed by atoms with Gasteiger partial charge in [-0.05, 0) is 44.0 Å². The highest BCUT2D eigenvalue weighted by Gasteiger charge is 2.17. The second-order valence-electron chi connectivity index (χ2n) is 4.39. The summed E-state index contributed by atoms with van der Waals surface area (Å²) in [4.78, 5) is 11.7. The zero-order chi connectivity index (χ0) is 12.1. The predicted octanol–water partition coefficient (Wildman–Crippen LogP) is 1.69. The number of carbonyl (C=O) groups excluding carboxylic acids is 1. The number of carbonyl (C=O) groups is 1. The standard InChI is InChI=1S/C13H17NO3/c15-11-4-1-5-12(8-11)17-13(16)7-10-3-2-6-14-9-10/h1,4-5,8,10,14-15H,2-3,6-7,9H2. The lowest BCUT2D eigenvalue weighted by molar-refractivity contribution is -0.135. The fourth-order valence-corrected chi connectivity index (χ4v) is 2.05. The van der Waals surface area contributed by atoms with Crippen molar-refractivity contribution in [3.63, 3.8) is 0 Å². The lowest BCUT2D eigenvalue weighted by atomic mass is 9.96. The van der Waals surface area contributed by atoms with Crippen LogP contribution in [-0.2, 0) is 4.79 Å². The minimum absolute atomic E-state index is 0.106. The molecule has 0 amide bonds. The van der Waals surface area contributed by atoms with Crippen molar-refractivity contribution >= 4 is 5.97 Å². The highest BCUT2D eigenvalue weighted by Crippen LogP contribution is 2.20. The number of ether oxygens (including phenoxy) is 1. The molecule has 0 bridgehead atoms. The van der Waals surface area contributed by atoms with Crippen LogP contribution >= 0.6 is 0 Å². The van der Waals surface area contributed by atoms with Crippen LogP contribution in [0.2, 0.25) is 0 Å². The van der Waals surface area contributed by atoms with E-state index >= 15 is 0 Å². The number of nitrogens with one attached hydrogen (secondary N) is 1. The first-order valence-corrected chi connectivity index (χ1v) is 5.94. The van der Waals surface area contributed by atoms with Crippen molar-refractivity contribution in [2.75, 3.05) is 13.1 Å². The third-order valence-corrected chi connectivity index (χ3v) is 2.90. The van der Waals surface area contributed by atoms with Crippen LogP contribution in [0.1, 0.15) is 19.3 Å². The Morgan fingerprint density at radius 1 is 1.53 bits per heavy atom. The summed E-state index contributed by atoms with van der Waals surface area (Å²) < 4.78 is 5.17. The Hall–Kier alpha value is -1.55. The molecule has 1 fully saturated rings. The molecule has 1 aromatic carbocycles. The van der Waals surface area contributed by atoms with Gasteiger partial charge in [-0.1, -0.05) is 6.07 Å². The summed E-state index contributed by atoms with van der Waals surface area (Å²) in [5.74, 6) is 0.645. The van der Waals surface area contributed by atoms with Crippen molar-refractivity contribution in [2.45, 2.75) is 19.3 Å². The highest BCUT2D eigenvalue weighted by atomic mass is 16.5. The molecular weight excluding hydrogens is 218 g/mol. The second kappa shape index (κ2) is 5.68. The van der Waals surface area contributed by atoms with Crippen LogP contribution in [0.25, 0.3) is 0 Å². The number of hydrogen-bond donors (Lipinski definition) is 2. The Balaban J connectivity index is 1.84. The third-order valence-electron chi connectivity index (χ3n) is 2.90. The molecule has 1 unspecified atom stereocenters. The molecule has 1 heterocycles. The number of aromatic hydroxyl groups is 1. The number of rotatable bonds is 3. The third kappa shape index (κ3) is 3.75. The summed E-state index contributed by atoms with van der Waals surface area (Å²) >= 11 is 0. The zero-order valence-electron chi connectivity index (χ0n) is 9.69. The Bertz CT molecular complexity index is 386. The van der Waals surface area contributed by atoms with Crippen LogP contribution < -0.4 is 10.1 Å². The van der Waals surface area contributed by atoms with E-state index in [1.807, 2.05) is 0 Å². The van der Waals surface area contributed by atoms with E-state index in [9.17, 15) is 9.90 Å². The monoisotopic (exact) mass is 235 g/mol. The van der Waals surface area contributed by atoms with E-state index in [0.29, 0.717) is 18.1 Å². The van der Waals surface area contributed by atoms with E-state index in [0.717, 1.165) is 25.9 Å². The molecule has 1 aliphatic heterocycles. The molecule has 1 aliphatic rings. The average Bonchev–Trinajstić information content (AvgIpc) is 2.30.